The summed E-state index contributed by atoms with van der Waals surface area (Å²) in [6.45, 7) is 4.44. The first-order chi connectivity index (χ1) is 8.94. The summed E-state index contributed by atoms with van der Waals surface area (Å²) in [6, 6.07) is 5.99. The van der Waals surface area contributed by atoms with Gasteiger partial charge in [0.1, 0.15) is 5.75 Å². The molecule has 0 spiro atoms. The fraction of sp³-hybridized carbons (Fsp3) is 0.625. The predicted octanol–water partition coefficient (Wildman–Crippen LogP) is 4.19. The minimum absolute atomic E-state index is 0.333. The highest BCUT2D eigenvalue weighted by Gasteiger charge is 2.38. The zero-order valence-corrected chi connectivity index (χ0v) is 13.5. The molecule has 0 radical (unpaired) electrons. The number of methoxy groups -OCH3 is 1. The molecule has 0 aliphatic heterocycles. The number of hydrogen-bond donors (Lipinski definition) is 1. The summed E-state index contributed by atoms with van der Waals surface area (Å²) in [5.41, 5.74) is 0.487. The third-order valence-corrected chi connectivity index (χ3v) is 4.98. The maximum atomic E-state index is 11.0. The van der Waals surface area contributed by atoms with Gasteiger partial charge >= 0.3 is 0 Å². The molecular weight excluding hydrogens is 304 g/mol. The Morgan fingerprint density at radius 2 is 2.16 bits per heavy atom. The molecule has 0 saturated heterocycles. The van der Waals surface area contributed by atoms with Crippen LogP contribution in [0, 0.1) is 11.8 Å². The molecule has 1 fully saturated rings. The van der Waals surface area contributed by atoms with Gasteiger partial charge in [0.25, 0.3) is 0 Å². The van der Waals surface area contributed by atoms with Gasteiger partial charge in [-0.2, -0.15) is 0 Å². The average molecular weight is 327 g/mol. The first kappa shape index (κ1) is 14.9. The van der Waals surface area contributed by atoms with Crippen molar-refractivity contribution in [2.24, 2.45) is 11.8 Å². The van der Waals surface area contributed by atoms with Gasteiger partial charge < -0.3 is 9.84 Å². The van der Waals surface area contributed by atoms with Crippen LogP contribution in [0.15, 0.2) is 22.7 Å². The molecule has 3 unspecified atom stereocenters. The molecule has 2 nitrogen and oxygen atoms in total. The molecule has 1 aliphatic rings. The van der Waals surface area contributed by atoms with Crippen molar-refractivity contribution in [2.45, 2.75) is 45.1 Å². The fourth-order valence-corrected chi connectivity index (χ4v) is 3.57. The van der Waals surface area contributed by atoms with Crippen LogP contribution in [0.4, 0.5) is 0 Å². The maximum absolute atomic E-state index is 11.0. The van der Waals surface area contributed by atoms with Gasteiger partial charge in [0.05, 0.1) is 12.7 Å². The Hall–Kier alpha value is -0.540. The zero-order valence-electron chi connectivity index (χ0n) is 11.9. The lowest BCUT2D eigenvalue weighted by molar-refractivity contribution is -0.0525. The molecular formula is C16H23BrO2. The largest absolute Gasteiger partial charge is 0.496 e. The lowest BCUT2D eigenvalue weighted by atomic mass is 9.70. The summed E-state index contributed by atoms with van der Waals surface area (Å²) < 4.78 is 6.44. The molecule has 1 N–H and O–H groups in total. The van der Waals surface area contributed by atoms with Crippen molar-refractivity contribution in [3.63, 3.8) is 0 Å². The van der Waals surface area contributed by atoms with Crippen molar-refractivity contribution in [3.8, 4) is 5.75 Å². The zero-order chi connectivity index (χ0) is 14.0. The van der Waals surface area contributed by atoms with Crippen molar-refractivity contribution >= 4 is 15.9 Å². The third kappa shape index (κ3) is 3.32. The van der Waals surface area contributed by atoms with E-state index in [2.05, 4.69) is 35.8 Å². The average Bonchev–Trinajstić information content (AvgIpc) is 2.35. The van der Waals surface area contributed by atoms with Crippen molar-refractivity contribution in [1.29, 1.82) is 0 Å². The van der Waals surface area contributed by atoms with Crippen LogP contribution < -0.4 is 4.74 Å². The van der Waals surface area contributed by atoms with Crippen LogP contribution in [0.5, 0.6) is 5.75 Å². The van der Waals surface area contributed by atoms with Crippen LogP contribution in [0.2, 0.25) is 0 Å². The van der Waals surface area contributed by atoms with Crippen LogP contribution in [0.3, 0.4) is 0 Å². The minimum Gasteiger partial charge on any atom is -0.496 e. The van der Waals surface area contributed by atoms with Gasteiger partial charge in [0, 0.05) is 10.9 Å². The SMILES string of the molecule is COc1ccc(Br)cc1CC1(O)CCC(C)CC1C. The Kier molecular flexibility index (Phi) is 4.57. The predicted molar refractivity (Wildman–Crippen MR) is 81.5 cm³/mol. The maximum Gasteiger partial charge on any atom is 0.122 e. The molecule has 0 amide bonds. The Balaban J connectivity index is 2.22. The quantitative estimate of drug-likeness (QED) is 0.902. The van der Waals surface area contributed by atoms with Crippen molar-refractivity contribution in [2.75, 3.05) is 7.11 Å². The minimum atomic E-state index is -0.597. The highest BCUT2D eigenvalue weighted by molar-refractivity contribution is 9.10. The van der Waals surface area contributed by atoms with Crippen molar-refractivity contribution < 1.29 is 9.84 Å². The van der Waals surface area contributed by atoms with Crippen LogP contribution in [-0.2, 0) is 6.42 Å². The lowest BCUT2D eigenvalue weighted by Crippen LogP contribution is -2.43. The van der Waals surface area contributed by atoms with Gasteiger partial charge in [0.2, 0.25) is 0 Å². The van der Waals surface area contributed by atoms with Crippen molar-refractivity contribution in [1.82, 2.24) is 0 Å². The van der Waals surface area contributed by atoms with E-state index in [4.69, 9.17) is 4.74 Å². The van der Waals surface area contributed by atoms with E-state index in [1.54, 1.807) is 7.11 Å². The number of benzene rings is 1. The number of halogens is 1. The molecule has 2 rings (SSSR count). The molecule has 0 bridgehead atoms. The number of ether oxygens (including phenoxy) is 1. The van der Waals surface area contributed by atoms with Gasteiger partial charge in [-0.3, -0.25) is 0 Å². The first-order valence-corrected chi connectivity index (χ1v) is 7.78. The lowest BCUT2D eigenvalue weighted by Gasteiger charge is -2.41. The van der Waals surface area contributed by atoms with Crippen LogP contribution in [-0.4, -0.2) is 17.8 Å². The molecule has 1 aromatic carbocycles. The Bertz CT molecular complexity index is 446. The second kappa shape index (κ2) is 5.84. The van der Waals surface area contributed by atoms with Gasteiger partial charge in [-0.25, -0.2) is 0 Å². The molecule has 1 saturated carbocycles. The molecule has 1 aromatic rings. The fourth-order valence-electron chi connectivity index (χ4n) is 3.16. The van der Waals surface area contributed by atoms with Gasteiger partial charge in [-0.15, -0.1) is 0 Å². The highest BCUT2D eigenvalue weighted by Crippen LogP contribution is 2.40. The Labute approximate surface area is 124 Å². The second-order valence-electron chi connectivity index (χ2n) is 6.02. The molecule has 1 aliphatic carbocycles. The smallest absolute Gasteiger partial charge is 0.122 e. The number of aliphatic hydroxyl groups is 1. The van der Waals surface area contributed by atoms with E-state index in [-0.39, 0.29) is 0 Å². The standard InChI is InChI=1S/C16H23BrO2/c1-11-6-7-16(18,12(2)8-11)10-13-9-14(17)4-5-15(13)19-3/h4-5,9,11-12,18H,6-8,10H2,1-3H3. The Morgan fingerprint density at radius 3 is 2.79 bits per heavy atom. The van der Waals surface area contributed by atoms with Gasteiger partial charge in [-0.1, -0.05) is 29.8 Å². The summed E-state index contributed by atoms with van der Waals surface area (Å²) in [6.07, 6.45) is 3.76. The summed E-state index contributed by atoms with van der Waals surface area (Å²) in [4.78, 5) is 0. The van der Waals surface area contributed by atoms with E-state index in [9.17, 15) is 5.11 Å². The number of rotatable bonds is 3. The van der Waals surface area contributed by atoms with E-state index < -0.39 is 5.60 Å². The van der Waals surface area contributed by atoms with Gasteiger partial charge in [0.15, 0.2) is 0 Å². The number of hydrogen-bond acceptors (Lipinski definition) is 2. The van der Waals surface area contributed by atoms with E-state index >= 15 is 0 Å². The van der Waals surface area contributed by atoms with Crippen LogP contribution in [0.25, 0.3) is 0 Å². The molecule has 3 atom stereocenters. The monoisotopic (exact) mass is 326 g/mol. The summed E-state index contributed by atoms with van der Waals surface area (Å²) >= 11 is 3.50. The van der Waals surface area contributed by atoms with E-state index in [1.807, 2.05) is 12.1 Å². The molecule has 3 heteroatoms. The van der Waals surface area contributed by atoms with Gasteiger partial charge in [-0.05, 0) is 54.9 Å². The highest BCUT2D eigenvalue weighted by atomic mass is 79.9. The molecule has 106 valence electrons. The van der Waals surface area contributed by atoms with Crippen LogP contribution in [0.1, 0.15) is 38.7 Å². The van der Waals surface area contributed by atoms with E-state index in [0.717, 1.165) is 41.0 Å². The summed E-state index contributed by atoms with van der Waals surface area (Å²) in [5, 5.41) is 11.0. The topological polar surface area (TPSA) is 29.5 Å². The molecule has 0 heterocycles. The molecule has 0 aromatic heterocycles. The van der Waals surface area contributed by atoms with E-state index in [0.29, 0.717) is 12.3 Å². The van der Waals surface area contributed by atoms with Crippen LogP contribution >= 0.6 is 15.9 Å². The summed E-state index contributed by atoms with van der Waals surface area (Å²) in [7, 11) is 1.68. The second-order valence-corrected chi connectivity index (χ2v) is 6.93. The van der Waals surface area contributed by atoms with Crippen molar-refractivity contribution in [3.05, 3.63) is 28.2 Å². The Morgan fingerprint density at radius 1 is 1.42 bits per heavy atom. The third-order valence-electron chi connectivity index (χ3n) is 4.48. The molecule has 19 heavy (non-hydrogen) atoms. The normalized spacial score (nSPS) is 31.2. The van der Waals surface area contributed by atoms with E-state index in [1.165, 1.54) is 0 Å². The summed E-state index contributed by atoms with van der Waals surface area (Å²) in [5.74, 6) is 1.92. The first-order valence-electron chi connectivity index (χ1n) is 6.99.